The summed E-state index contributed by atoms with van der Waals surface area (Å²) in [5.74, 6) is -2.43. The summed E-state index contributed by atoms with van der Waals surface area (Å²) in [6.07, 6.45) is -3.53. The van der Waals surface area contributed by atoms with Crippen molar-refractivity contribution in [2.45, 2.75) is 43.9 Å². The zero-order valence-corrected chi connectivity index (χ0v) is 20.9. The quantitative estimate of drug-likeness (QED) is 0.217. The van der Waals surface area contributed by atoms with Crippen LogP contribution in [0.2, 0.25) is 0 Å². The Balaban J connectivity index is 1.63. The van der Waals surface area contributed by atoms with E-state index in [1.165, 1.54) is 19.1 Å². The maximum absolute atomic E-state index is 13.9. The molecule has 12 nitrogen and oxygen atoms in total. The second-order valence-corrected chi connectivity index (χ2v) is 10.2. The minimum Gasteiger partial charge on any atom is -0.480 e. The van der Waals surface area contributed by atoms with Crippen LogP contribution in [-0.4, -0.2) is 50.1 Å². The fraction of sp³-hybridized carbons (Fsp3) is 0.292. The maximum atomic E-state index is 13.9. The highest BCUT2D eigenvalue weighted by molar-refractivity contribution is 7.52. The van der Waals surface area contributed by atoms with E-state index in [9.17, 15) is 33.6 Å². The van der Waals surface area contributed by atoms with Crippen molar-refractivity contribution in [2.24, 2.45) is 0 Å². The number of H-pyrrole nitrogens is 1. The molecule has 38 heavy (non-hydrogen) atoms. The normalized spacial score (nSPS) is 22.4. The number of hydrogen-bond acceptors (Lipinski definition) is 8. The molecule has 1 aromatic heterocycles. The SMILES string of the molecule is C=CC(O[P@@](=O)(NC(C)C(=O)O)Oc1cccc2ccccc12)[C@H]1O[C@@H](n2cc(F)c(=O)[nH]c2=O)C[C@@H]1O. The summed E-state index contributed by atoms with van der Waals surface area (Å²) in [4.78, 5) is 36.8. The zero-order chi connectivity index (χ0) is 27.6. The number of aromatic amines is 1. The number of rotatable bonds is 10. The second kappa shape index (κ2) is 11.0. The number of aliphatic hydroxyl groups excluding tert-OH is 1. The Morgan fingerprint density at radius 3 is 2.74 bits per heavy atom. The molecule has 2 unspecified atom stereocenters. The first-order chi connectivity index (χ1) is 18.0. The molecule has 1 saturated heterocycles. The van der Waals surface area contributed by atoms with Crippen molar-refractivity contribution in [1.82, 2.24) is 14.6 Å². The number of nitrogens with zero attached hydrogens (tertiary/aromatic N) is 1. The Kier molecular flexibility index (Phi) is 7.95. The van der Waals surface area contributed by atoms with Crippen LogP contribution in [0.5, 0.6) is 5.75 Å². The number of aliphatic hydroxyl groups is 1. The summed E-state index contributed by atoms with van der Waals surface area (Å²) in [5, 5.41) is 23.7. The number of hydrogen-bond donors (Lipinski definition) is 4. The maximum Gasteiger partial charge on any atom is 0.460 e. The zero-order valence-electron chi connectivity index (χ0n) is 20.0. The van der Waals surface area contributed by atoms with E-state index < -0.39 is 61.4 Å². The minimum absolute atomic E-state index is 0.139. The molecule has 0 amide bonds. The molecule has 2 aromatic carbocycles. The molecular formula is C24H25FN3O9P. The van der Waals surface area contributed by atoms with Crippen LogP contribution in [0.1, 0.15) is 19.6 Å². The third-order valence-electron chi connectivity index (χ3n) is 5.88. The Morgan fingerprint density at radius 2 is 2.03 bits per heavy atom. The second-order valence-electron chi connectivity index (χ2n) is 8.56. The predicted molar refractivity (Wildman–Crippen MR) is 133 cm³/mol. The first-order valence-electron chi connectivity index (χ1n) is 11.4. The molecule has 0 bridgehead atoms. The van der Waals surface area contributed by atoms with Crippen molar-refractivity contribution < 1.29 is 37.7 Å². The van der Waals surface area contributed by atoms with E-state index >= 15 is 0 Å². The van der Waals surface area contributed by atoms with E-state index in [-0.39, 0.29) is 12.2 Å². The molecule has 1 aliphatic rings. The molecule has 1 fully saturated rings. The fourth-order valence-electron chi connectivity index (χ4n) is 3.99. The van der Waals surface area contributed by atoms with Gasteiger partial charge in [0.2, 0.25) is 5.82 Å². The summed E-state index contributed by atoms with van der Waals surface area (Å²) in [6, 6.07) is 10.7. The van der Waals surface area contributed by atoms with Crippen molar-refractivity contribution in [2.75, 3.05) is 0 Å². The third-order valence-corrected chi connectivity index (χ3v) is 7.54. The lowest BCUT2D eigenvalue weighted by molar-refractivity contribution is -0.138. The fourth-order valence-corrected chi connectivity index (χ4v) is 5.68. The predicted octanol–water partition coefficient (Wildman–Crippen LogP) is 2.30. The van der Waals surface area contributed by atoms with Crippen LogP contribution >= 0.6 is 7.75 Å². The van der Waals surface area contributed by atoms with E-state index in [0.29, 0.717) is 11.6 Å². The molecule has 2 heterocycles. The van der Waals surface area contributed by atoms with E-state index in [4.69, 9.17) is 13.8 Å². The number of carboxylic acids is 1. The molecule has 3 aromatic rings. The average Bonchev–Trinajstić information content (AvgIpc) is 3.26. The smallest absolute Gasteiger partial charge is 0.460 e. The van der Waals surface area contributed by atoms with Gasteiger partial charge in [-0.2, -0.15) is 9.48 Å². The van der Waals surface area contributed by atoms with Crippen LogP contribution in [0.3, 0.4) is 0 Å². The van der Waals surface area contributed by atoms with Gasteiger partial charge in [-0.3, -0.25) is 23.7 Å². The van der Waals surface area contributed by atoms with Crippen molar-refractivity contribution >= 4 is 24.5 Å². The summed E-state index contributed by atoms with van der Waals surface area (Å²) in [7, 11) is -4.49. The Hall–Kier alpha value is -3.61. The van der Waals surface area contributed by atoms with Gasteiger partial charge in [-0.25, -0.2) is 9.36 Å². The van der Waals surface area contributed by atoms with Crippen LogP contribution in [-0.2, 0) is 18.6 Å². The number of halogens is 1. The molecule has 1 aliphatic heterocycles. The van der Waals surface area contributed by atoms with Crippen LogP contribution < -0.4 is 20.9 Å². The Labute approximate surface area is 214 Å². The van der Waals surface area contributed by atoms with Gasteiger partial charge in [0.15, 0.2) is 0 Å². The molecule has 0 aliphatic carbocycles. The molecule has 202 valence electrons. The van der Waals surface area contributed by atoms with Gasteiger partial charge in [0.05, 0.1) is 12.3 Å². The van der Waals surface area contributed by atoms with Crippen LogP contribution in [0.4, 0.5) is 4.39 Å². The number of fused-ring (bicyclic) bond motifs is 1. The van der Waals surface area contributed by atoms with Crippen LogP contribution in [0, 0.1) is 5.82 Å². The summed E-state index contributed by atoms with van der Waals surface area (Å²) < 4.78 is 45.6. The molecule has 4 N–H and O–H groups in total. The Morgan fingerprint density at radius 1 is 1.32 bits per heavy atom. The highest BCUT2D eigenvalue weighted by Gasteiger charge is 2.44. The minimum atomic E-state index is -4.49. The van der Waals surface area contributed by atoms with Crippen molar-refractivity contribution in [1.29, 1.82) is 0 Å². The van der Waals surface area contributed by atoms with E-state index in [0.717, 1.165) is 9.95 Å². The van der Waals surface area contributed by atoms with E-state index in [2.05, 4.69) is 11.7 Å². The number of carbonyl (C=O) groups is 1. The highest BCUT2D eigenvalue weighted by atomic mass is 31.2. The number of aromatic nitrogens is 2. The lowest BCUT2D eigenvalue weighted by Gasteiger charge is -2.29. The lowest BCUT2D eigenvalue weighted by Crippen LogP contribution is -2.39. The molecule has 4 rings (SSSR count). The average molecular weight is 549 g/mol. The molecule has 6 atom stereocenters. The summed E-state index contributed by atoms with van der Waals surface area (Å²) in [6.45, 7) is 4.86. The molecule has 0 spiro atoms. The van der Waals surface area contributed by atoms with Crippen molar-refractivity contribution in [3.05, 3.63) is 88.0 Å². The first kappa shape index (κ1) is 27.4. The van der Waals surface area contributed by atoms with Crippen LogP contribution in [0.25, 0.3) is 10.8 Å². The van der Waals surface area contributed by atoms with Gasteiger partial charge in [-0.15, -0.1) is 6.58 Å². The monoisotopic (exact) mass is 549 g/mol. The number of ether oxygens (including phenoxy) is 1. The Bertz CT molecular complexity index is 1520. The largest absolute Gasteiger partial charge is 0.480 e. The van der Waals surface area contributed by atoms with Gasteiger partial charge in [0.1, 0.15) is 30.2 Å². The van der Waals surface area contributed by atoms with Gasteiger partial charge >= 0.3 is 19.4 Å². The first-order valence-corrected chi connectivity index (χ1v) is 13.0. The van der Waals surface area contributed by atoms with E-state index in [1.54, 1.807) is 41.4 Å². The number of benzene rings is 2. The van der Waals surface area contributed by atoms with Gasteiger partial charge in [-0.05, 0) is 18.4 Å². The lowest BCUT2D eigenvalue weighted by atomic mass is 10.1. The molecule has 14 heteroatoms. The van der Waals surface area contributed by atoms with Crippen LogP contribution in [0.15, 0.2) is 70.9 Å². The van der Waals surface area contributed by atoms with Gasteiger partial charge < -0.3 is 19.5 Å². The van der Waals surface area contributed by atoms with Gasteiger partial charge in [0.25, 0.3) is 5.56 Å². The third kappa shape index (κ3) is 5.77. The standard InChI is InChI=1S/C24H25FN3O9P/c1-3-18(21-17(29)11-20(35-21)28-12-16(25)22(30)26-24(28)33)36-38(34,27-13(2)23(31)32)37-19-10-6-8-14-7-4-5-9-15(14)19/h3-10,12-13,17-18,20-21,29H,1,11H2,2H3,(H,27,34)(H,31,32)(H,26,30,33)/t13?,17-,18?,20+,21-,38-/m0/s1. The van der Waals surface area contributed by atoms with Gasteiger partial charge in [0, 0.05) is 11.8 Å². The molecule has 0 radical (unpaired) electrons. The molecule has 0 saturated carbocycles. The van der Waals surface area contributed by atoms with E-state index in [1.807, 2.05) is 0 Å². The van der Waals surface area contributed by atoms with Gasteiger partial charge in [-0.1, -0.05) is 42.5 Å². The molecular weight excluding hydrogens is 524 g/mol. The number of nitrogens with one attached hydrogen (secondary N) is 2. The topological polar surface area (TPSA) is 169 Å². The summed E-state index contributed by atoms with van der Waals surface area (Å²) >= 11 is 0. The summed E-state index contributed by atoms with van der Waals surface area (Å²) in [5.41, 5.74) is -2.17. The van der Waals surface area contributed by atoms with Crippen molar-refractivity contribution in [3.63, 3.8) is 0 Å². The van der Waals surface area contributed by atoms with Crippen molar-refractivity contribution in [3.8, 4) is 5.75 Å². The number of aliphatic carboxylic acids is 1. The highest BCUT2D eigenvalue weighted by Crippen LogP contribution is 2.49. The number of carboxylic acid groups (broad SMARTS) is 1.